The van der Waals surface area contributed by atoms with E-state index in [-0.39, 0.29) is 58.3 Å². The van der Waals surface area contributed by atoms with Crippen molar-refractivity contribution in [2.24, 2.45) is 0 Å². The van der Waals surface area contributed by atoms with E-state index in [0.717, 1.165) is 11.1 Å². The van der Waals surface area contributed by atoms with Gasteiger partial charge in [-0.05, 0) is 35.4 Å². The van der Waals surface area contributed by atoms with Crippen molar-refractivity contribution in [1.29, 1.82) is 0 Å². The fraction of sp³-hybridized carbons (Fsp3) is 0.297. The number of hydrogen-bond donors (Lipinski definition) is 0. The van der Waals surface area contributed by atoms with E-state index in [2.05, 4.69) is 0 Å². The third-order valence-corrected chi connectivity index (χ3v) is 8.80. The number of carbonyl (C=O) groups is 2. The van der Waals surface area contributed by atoms with Gasteiger partial charge in [0.2, 0.25) is 17.2 Å². The Balaban J connectivity index is 1.59. The number of ketones is 2. The van der Waals surface area contributed by atoms with Crippen LogP contribution in [0.25, 0.3) is 0 Å². The van der Waals surface area contributed by atoms with Crippen LogP contribution in [-0.2, 0) is 23.2 Å². The molecular formula is C37H36O11. The zero-order valence-electron chi connectivity index (χ0n) is 27.8. The Kier molecular flexibility index (Phi) is 8.57. The van der Waals surface area contributed by atoms with Crippen LogP contribution in [0.1, 0.15) is 37.4 Å². The first kappa shape index (κ1) is 32.5. The standard InChI is InChI=1S/C37H36O11/c1-40-23-12-8-21(9-13-23)19-36(34(38)30-26(43-4)16-25(42-3)17-28(30)47-36)32-29(45-6)18-27(44-5)31-33(32)48-37(46-7,35(31)39)20-22-10-14-24(41-2)15-11-22/h8-18H,19-20H2,1-7H3/t36-,37+/m0/s1. The maximum absolute atomic E-state index is 15.0. The monoisotopic (exact) mass is 656 g/mol. The van der Waals surface area contributed by atoms with Crippen LogP contribution in [0.15, 0.2) is 66.7 Å². The van der Waals surface area contributed by atoms with E-state index in [1.807, 2.05) is 24.3 Å². The van der Waals surface area contributed by atoms with Gasteiger partial charge >= 0.3 is 0 Å². The van der Waals surface area contributed by atoms with Gasteiger partial charge in [-0.2, -0.15) is 0 Å². The molecule has 2 heterocycles. The van der Waals surface area contributed by atoms with Gasteiger partial charge in [0.15, 0.2) is 0 Å². The van der Waals surface area contributed by atoms with E-state index < -0.39 is 23.0 Å². The summed E-state index contributed by atoms with van der Waals surface area (Å²) < 4.78 is 52.7. The number of methoxy groups -OCH3 is 7. The smallest absolute Gasteiger partial charge is 0.279 e. The molecule has 0 aliphatic carbocycles. The second kappa shape index (κ2) is 12.6. The minimum Gasteiger partial charge on any atom is -0.497 e. The third kappa shape index (κ3) is 5.11. The highest BCUT2D eigenvalue weighted by atomic mass is 16.7. The molecule has 6 rings (SSSR count). The van der Waals surface area contributed by atoms with Gasteiger partial charge in [-0.1, -0.05) is 24.3 Å². The SMILES string of the molecule is COc1ccc(C[C@@]2(OC)Oc3c(c(OC)cc(OC)c3[C@]3(Cc4ccc(OC)cc4)Oc4cc(OC)cc(OC)c4C3=O)C2=O)cc1. The molecule has 0 unspecified atom stereocenters. The lowest BCUT2D eigenvalue weighted by Gasteiger charge is -2.32. The van der Waals surface area contributed by atoms with Crippen molar-refractivity contribution < 1.29 is 52.2 Å². The van der Waals surface area contributed by atoms with Crippen molar-refractivity contribution in [3.8, 4) is 46.0 Å². The molecule has 48 heavy (non-hydrogen) atoms. The van der Waals surface area contributed by atoms with Gasteiger partial charge in [-0.25, -0.2) is 0 Å². The van der Waals surface area contributed by atoms with Crippen LogP contribution in [0.4, 0.5) is 0 Å². The maximum atomic E-state index is 15.0. The Morgan fingerprint density at radius 1 is 0.542 bits per heavy atom. The molecule has 0 saturated carbocycles. The number of Topliss-reactive ketones (excluding diaryl/α,β-unsaturated/α-hetero) is 2. The number of hydrogen-bond acceptors (Lipinski definition) is 11. The lowest BCUT2D eigenvalue weighted by Crippen LogP contribution is -2.45. The largest absolute Gasteiger partial charge is 0.497 e. The summed E-state index contributed by atoms with van der Waals surface area (Å²) in [6, 6.07) is 19.3. The highest BCUT2D eigenvalue weighted by Gasteiger charge is 2.59. The molecule has 2 aliphatic heterocycles. The molecule has 0 N–H and O–H groups in total. The second-order valence-corrected chi connectivity index (χ2v) is 11.3. The highest BCUT2D eigenvalue weighted by Crippen LogP contribution is 2.57. The highest BCUT2D eigenvalue weighted by molar-refractivity contribution is 6.14. The van der Waals surface area contributed by atoms with Crippen molar-refractivity contribution in [2.75, 3.05) is 49.8 Å². The van der Waals surface area contributed by atoms with Gasteiger partial charge in [-0.3, -0.25) is 9.59 Å². The molecule has 0 spiro atoms. The Morgan fingerprint density at radius 2 is 1.08 bits per heavy atom. The number of ether oxygens (including phenoxy) is 9. The van der Waals surface area contributed by atoms with Crippen molar-refractivity contribution in [3.05, 3.63) is 94.5 Å². The summed E-state index contributed by atoms with van der Waals surface area (Å²) in [5.74, 6) is -0.0652. The molecule has 0 radical (unpaired) electrons. The number of carbonyl (C=O) groups excluding carboxylic acids is 2. The molecule has 0 aromatic heterocycles. The summed E-state index contributed by atoms with van der Waals surface area (Å²) >= 11 is 0. The summed E-state index contributed by atoms with van der Waals surface area (Å²) in [4.78, 5) is 29.4. The fourth-order valence-electron chi connectivity index (χ4n) is 6.36. The first-order valence-corrected chi connectivity index (χ1v) is 15.1. The van der Waals surface area contributed by atoms with E-state index in [4.69, 9.17) is 42.6 Å². The molecule has 0 fully saturated rings. The van der Waals surface area contributed by atoms with E-state index in [0.29, 0.717) is 17.2 Å². The molecular weight excluding hydrogens is 620 g/mol. The Hall–Kier alpha value is -5.42. The summed E-state index contributed by atoms with van der Waals surface area (Å²) in [5.41, 5.74) is 0.170. The summed E-state index contributed by atoms with van der Waals surface area (Å²) in [5, 5.41) is 0. The van der Waals surface area contributed by atoms with Gasteiger partial charge in [0.05, 0.1) is 48.2 Å². The topological polar surface area (TPSA) is 117 Å². The zero-order valence-corrected chi connectivity index (χ0v) is 27.8. The summed E-state index contributed by atoms with van der Waals surface area (Å²) in [7, 11) is 10.4. The molecule has 2 aliphatic rings. The molecule has 0 saturated heterocycles. The normalized spacial score (nSPS) is 19.1. The lowest BCUT2D eigenvalue weighted by molar-refractivity contribution is -0.118. The quantitative estimate of drug-likeness (QED) is 0.189. The summed E-state index contributed by atoms with van der Waals surface area (Å²) in [6.45, 7) is 0. The van der Waals surface area contributed by atoms with E-state index in [1.54, 1.807) is 56.7 Å². The van der Waals surface area contributed by atoms with Gasteiger partial charge in [0, 0.05) is 38.2 Å². The van der Waals surface area contributed by atoms with Gasteiger partial charge < -0.3 is 42.6 Å². The Bertz CT molecular complexity index is 1870. The minimum absolute atomic E-state index is 0.0150. The maximum Gasteiger partial charge on any atom is 0.279 e. The predicted octanol–water partition coefficient (Wildman–Crippen LogP) is 5.61. The van der Waals surface area contributed by atoms with Crippen LogP contribution in [-0.4, -0.2) is 67.1 Å². The zero-order chi connectivity index (χ0) is 34.2. The molecule has 4 aromatic rings. The fourth-order valence-corrected chi connectivity index (χ4v) is 6.36. The van der Waals surface area contributed by atoms with Crippen molar-refractivity contribution in [2.45, 2.75) is 24.2 Å². The van der Waals surface area contributed by atoms with Gasteiger partial charge in [0.25, 0.3) is 5.79 Å². The Labute approximate surface area is 278 Å². The molecule has 2 atom stereocenters. The van der Waals surface area contributed by atoms with Crippen LogP contribution in [0, 0.1) is 0 Å². The van der Waals surface area contributed by atoms with Crippen LogP contribution in [0.3, 0.4) is 0 Å². The molecule has 0 bridgehead atoms. The number of fused-ring (bicyclic) bond motifs is 2. The predicted molar refractivity (Wildman–Crippen MR) is 174 cm³/mol. The average Bonchev–Trinajstić information content (AvgIpc) is 3.57. The van der Waals surface area contributed by atoms with Gasteiger partial charge in [0.1, 0.15) is 57.1 Å². The van der Waals surface area contributed by atoms with Crippen molar-refractivity contribution in [1.82, 2.24) is 0 Å². The molecule has 250 valence electrons. The van der Waals surface area contributed by atoms with Crippen molar-refractivity contribution >= 4 is 11.6 Å². The van der Waals surface area contributed by atoms with E-state index in [9.17, 15) is 9.59 Å². The van der Waals surface area contributed by atoms with Crippen LogP contribution < -0.4 is 37.9 Å². The van der Waals surface area contributed by atoms with Gasteiger partial charge in [-0.15, -0.1) is 0 Å². The second-order valence-electron chi connectivity index (χ2n) is 11.3. The van der Waals surface area contributed by atoms with Crippen LogP contribution in [0.5, 0.6) is 46.0 Å². The van der Waals surface area contributed by atoms with Crippen LogP contribution >= 0.6 is 0 Å². The molecule has 0 amide bonds. The molecule has 11 heteroatoms. The number of benzene rings is 4. The first-order chi connectivity index (χ1) is 23.2. The first-order valence-electron chi connectivity index (χ1n) is 15.1. The lowest BCUT2D eigenvalue weighted by atomic mass is 9.80. The van der Waals surface area contributed by atoms with Crippen molar-refractivity contribution in [3.63, 3.8) is 0 Å². The minimum atomic E-state index is -1.80. The van der Waals surface area contributed by atoms with E-state index in [1.165, 1.54) is 35.5 Å². The average molecular weight is 657 g/mol. The number of rotatable bonds is 12. The van der Waals surface area contributed by atoms with Crippen LogP contribution in [0.2, 0.25) is 0 Å². The summed E-state index contributed by atoms with van der Waals surface area (Å²) in [6.07, 6.45) is 0.0541. The molecule has 4 aromatic carbocycles. The molecule has 11 nitrogen and oxygen atoms in total. The third-order valence-electron chi connectivity index (χ3n) is 8.80. The van der Waals surface area contributed by atoms with E-state index >= 15 is 0 Å². The Morgan fingerprint density at radius 3 is 1.60 bits per heavy atom.